The van der Waals surface area contributed by atoms with Crippen LogP contribution in [0, 0.1) is 5.92 Å². The zero-order valence-electron chi connectivity index (χ0n) is 17.0. The molecule has 1 aliphatic heterocycles. The molecule has 2 aromatic heterocycles. The molecule has 154 valence electrons. The highest BCUT2D eigenvalue weighted by Crippen LogP contribution is 2.16. The van der Waals surface area contributed by atoms with Crippen LogP contribution in [0.4, 0.5) is 0 Å². The summed E-state index contributed by atoms with van der Waals surface area (Å²) in [5, 5.41) is 15.8. The van der Waals surface area contributed by atoms with Gasteiger partial charge in [-0.05, 0) is 31.2 Å². The highest BCUT2D eigenvalue weighted by atomic mass is 16.2. The molecule has 0 fully saturated rings. The molecule has 1 aromatic carbocycles. The lowest BCUT2D eigenvalue weighted by molar-refractivity contribution is -0.121. The second kappa shape index (κ2) is 8.23. The molecule has 8 nitrogen and oxygen atoms in total. The molecule has 0 radical (unpaired) electrons. The van der Waals surface area contributed by atoms with Gasteiger partial charge in [-0.15, -0.1) is 0 Å². The largest absolute Gasteiger partial charge is 0.353 e. The van der Waals surface area contributed by atoms with Gasteiger partial charge in [0.2, 0.25) is 5.91 Å². The lowest BCUT2D eigenvalue weighted by Crippen LogP contribution is -2.36. The van der Waals surface area contributed by atoms with Crippen LogP contribution in [0.25, 0.3) is 10.9 Å². The summed E-state index contributed by atoms with van der Waals surface area (Å²) in [4.78, 5) is 25.2. The number of hydrogen-bond donors (Lipinski definition) is 2. The van der Waals surface area contributed by atoms with Gasteiger partial charge in [-0.2, -0.15) is 10.2 Å². The number of aryl methyl sites for hydroxylation is 2. The number of carbonyl (C=O) groups excluding carboxylic acids is 1. The Morgan fingerprint density at radius 2 is 2.14 bits per heavy atom. The zero-order valence-corrected chi connectivity index (χ0v) is 17.0. The molecule has 1 amide bonds. The predicted molar refractivity (Wildman–Crippen MR) is 111 cm³/mol. The first kappa shape index (κ1) is 19.4. The number of fused-ring (bicyclic) bond motifs is 2. The fourth-order valence-electron chi connectivity index (χ4n) is 3.89. The summed E-state index contributed by atoms with van der Waals surface area (Å²) in [6, 6.07) is 7.81. The van der Waals surface area contributed by atoms with Crippen molar-refractivity contribution in [2.45, 2.75) is 65.1 Å². The third kappa shape index (κ3) is 4.26. The van der Waals surface area contributed by atoms with E-state index < -0.39 is 0 Å². The number of amides is 1. The number of rotatable bonds is 6. The molecule has 0 saturated carbocycles. The first-order chi connectivity index (χ1) is 14.0. The van der Waals surface area contributed by atoms with Crippen LogP contribution in [0.15, 0.2) is 29.1 Å². The molecule has 1 unspecified atom stereocenters. The van der Waals surface area contributed by atoms with E-state index in [0.717, 1.165) is 41.7 Å². The average molecular weight is 396 g/mol. The first-order valence-corrected chi connectivity index (χ1v) is 10.4. The molecule has 29 heavy (non-hydrogen) atoms. The van der Waals surface area contributed by atoms with Gasteiger partial charge in [-0.25, -0.2) is 9.48 Å². The van der Waals surface area contributed by atoms with Gasteiger partial charge >= 0.3 is 5.69 Å². The van der Waals surface area contributed by atoms with Gasteiger partial charge in [-0.3, -0.25) is 14.5 Å². The Bertz CT molecular complexity index is 1060. The summed E-state index contributed by atoms with van der Waals surface area (Å²) >= 11 is 0. The maximum Gasteiger partial charge on any atom is 0.345 e. The molecule has 0 aliphatic carbocycles. The smallest absolute Gasteiger partial charge is 0.345 e. The van der Waals surface area contributed by atoms with Crippen molar-refractivity contribution in [1.82, 2.24) is 29.9 Å². The van der Waals surface area contributed by atoms with Gasteiger partial charge in [0.05, 0.1) is 17.6 Å². The van der Waals surface area contributed by atoms with Crippen LogP contribution < -0.4 is 11.0 Å². The molecule has 0 bridgehead atoms. The van der Waals surface area contributed by atoms with Crippen molar-refractivity contribution in [3.63, 3.8) is 0 Å². The summed E-state index contributed by atoms with van der Waals surface area (Å²) in [6.45, 7) is 5.54. The van der Waals surface area contributed by atoms with Gasteiger partial charge in [-0.1, -0.05) is 32.0 Å². The lowest BCUT2D eigenvalue weighted by Gasteiger charge is -2.15. The van der Waals surface area contributed by atoms with Crippen molar-refractivity contribution < 1.29 is 4.79 Å². The molecule has 0 spiro atoms. The van der Waals surface area contributed by atoms with E-state index in [4.69, 9.17) is 0 Å². The fraction of sp³-hybridized carbons (Fsp3) is 0.524. The Kier molecular flexibility index (Phi) is 5.51. The fourth-order valence-corrected chi connectivity index (χ4v) is 3.89. The summed E-state index contributed by atoms with van der Waals surface area (Å²) in [5.74, 6) is 1.34. The number of para-hydroxylation sites is 1. The van der Waals surface area contributed by atoms with E-state index >= 15 is 0 Å². The van der Waals surface area contributed by atoms with Crippen molar-refractivity contribution in [2.24, 2.45) is 5.92 Å². The topological polar surface area (TPSA) is 97.6 Å². The Morgan fingerprint density at radius 1 is 1.31 bits per heavy atom. The normalized spacial score (nSPS) is 16.7. The third-order valence-electron chi connectivity index (χ3n) is 5.58. The zero-order chi connectivity index (χ0) is 20.4. The molecule has 4 rings (SSSR count). The van der Waals surface area contributed by atoms with Crippen LogP contribution in [0.5, 0.6) is 0 Å². The maximum absolute atomic E-state index is 12.6. The van der Waals surface area contributed by atoms with Gasteiger partial charge < -0.3 is 5.32 Å². The maximum atomic E-state index is 12.6. The van der Waals surface area contributed by atoms with E-state index in [0.29, 0.717) is 25.4 Å². The molecule has 2 N–H and O–H groups in total. The summed E-state index contributed by atoms with van der Waals surface area (Å²) in [6.07, 6.45) is 3.43. The summed E-state index contributed by atoms with van der Waals surface area (Å²) in [7, 11) is 0. The average Bonchev–Trinajstić information content (AvgIpc) is 3.16. The number of aromatic amines is 1. The molecule has 1 aliphatic rings. The monoisotopic (exact) mass is 396 g/mol. The number of hydrogen-bond acceptors (Lipinski definition) is 4. The van der Waals surface area contributed by atoms with E-state index in [2.05, 4.69) is 34.5 Å². The van der Waals surface area contributed by atoms with Crippen molar-refractivity contribution in [1.29, 1.82) is 0 Å². The van der Waals surface area contributed by atoms with Crippen molar-refractivity contribution in [3.8, 4) is 0 Å². The summed E-state index contributed by atoms with van der Waals surface area (Å²) in [5.41, 5.74) is 1.66. The molecular weight excluding hydrogens is 368 g/mol. The molecule has 3 heterocycles. The van der Waals surface area contributed by atoms with E-state index in [1.807, 2.05) is 24.3 Å². The minimum atomic E-state index is -0.0310. The second-order valence-electron chi connectivity index (χ2n) is 8.24. The van der Waals surface area contributed by atoms with Crippen LogP contribution >= 0.6 is 0 Å². The van der Waals surface area contributed by atoms with Crippen LogP contribution in [0.2, 0.25) is 0 Å². The molecule has 8 heteroatoms. The Labute approximate surface area is 169 Å². The first-order valence-electron chi connectivity index (χ1n) is 10.4. The minimum Gasteiger partial charge on any atom is -0.353 e. The molecular formula is C21H28N6O2. The van der Waals surface area contributed by atoms with Crippen LogP contribution in [-0.2, 0) is 30.7 Å². The standard InChI is InChI=1S/C21H28N6O2/c1-14(2)9-12-27-21(29)26-11-10-15(7-8-19(26)25-27)22-20(28)13-18-16-5-3-4-6-17(16)23-24-18/h3-6,14-15H,7-13H2,1-2H3,(H,22,28)(H,23,24). The number of H-pyrrole nitrogens is 1. The van der Waals surface area contributed by atoms with Crippen molar-refractivity contribution >= 4 is 16.8 Å². The van der Waals surface area contributed by atoms with E-state index in [1.54, 1.807) is 9.25 Å². The number of benzene rings is 1. The lowest BCUT2D eigenvalue weighted by atomic mass is 10.1. The van der Waals surface area contributed by atoms with Gasteiger partial charge in [0.15, 0.2) is 0 Å². The third-order valence-corrected chi connectivity index (χ3v) is 5.58. The van der Waals surface area contributed by atoms with Crippen LogP contribution in [0.3, 0.4) is 0 Å². The number of nitrogens with zero attached hydrogens (tertiary/aromatic N) is 4. The minimum absolute atomic E-state index is 0.0294. The molecule has 3 aromatic rings. The quantitative estimate of drug-likeness (QED) is 0.666. The Balaban J connectivity index is 1.36. The molecule has 0 saturated heterocycles. The van der Waals surface area contributed by atoms with Crippen LogP contribution in [-0.4, -0.2) is 36.5 Å². The van der Waals surface area contributed by atoms with Crippen LogP contribution in [0.1, 0.15) is 44.6 Å². The van der Waals surface area contributed by atoms with Gasteiger partial charge in [0.25, 0.3) is 0 Å². The second-order valence-corrected chi connectivity index (χ2v) is 8.24. The van der Waals surface area contributed by atoms with Gasteiger partial charge in [0, 0.05) is 30.9 Å². The Hall–Kier alpha value is -2.90. The van der Waals surface area contributed by atoms with Gasteiger partial charge in [0.1, 0.15) is 5.82 Å². The predicted octanol–water partition coefficient (Wildman–Crippen LogP) is 2.03. The van der Waals surface area contributed by atoms with Crippen molar-refractivity contribution in [3.05, 3.63) is 46.3 Å². The van der Waals surface area contributed by atoms with E-state index in [1.165, 1.54) is 0 Å². The van der Waals surface area contributed by atoms with E-state index in [-0.39, 0.29) is 24.1 Å². The van der Waals surface area contributed by atoms with E-state index in [9.17, 15) is 9.59 Å². The highest BCUT2D eigenvalue weighted by Gasteiger charge is 2.22. The Morgan fingerprint density at radius 3 is 2.97 bits per heavy atom. The summed E-state index contributed by atoms with van der Waals surface area (Å²) < 4.78 is 3.37. The number of carbonyl (C=O) groups is 1. The van der Waals surface area contributed by atoms with Crippen molar-refractivity contribution in [2.75, 3.05) is 0 Å². The number of nitrogens with one attached hydrogen (secondary N) is 2. The molecule has 1 atom stereocenters. The number of aromatic nitrogens is 5. The SMILES string of the molecule is CC(C)CCn1nc2n(c1=O)CCC(NC(=O)Cc1[nH]nc3ccccc13)CC2. The highest BCUT2D eigenvalue weighted by molar-refractivity contribution is 5.87.